The van der Waals surface area contributed by atoms with Crippen molar-refractivity contribution in [1.29, 1.82) is 0 Å². The first-order valence-electron chi connectivity index (χ1n) is 26.1. The molecule has 5 fully saturated rings. The van der Waals surface area contributed by atoms with Crippen LogP contribution in [0.2, 0.25) is 0 Å². The molecule has 476 valence electrons. The first kappa shape index (κ1) is 68.4. The zero-order valence-electron chi connectivity index (χ0n) is 45.7. The highest BCUT2D eigenvalue weighted by Crippen LogP contribution is 2.53. The molecular formula is C41H69N10O28P5. The van der Waals surface area contributed by atoms with Crippen LogP contribution < -0.4 is 16.4 Å². The van der Waals surface area contributed by atoms with Gasteiger partial charge in [-0.1, -0.05) is 5.11 Å². The van der Waals surface area contributed by atoms with E-state index in [2.05, 4.69) is 35.6 Å². The van der Waals surface area contributed by atoms with Gasteiger partial charge in [-0.3, -0.25) is 54.9 Å². The van der Waals surface area contributed by atoms with Crippen LogP contribution in [0, 0.1) is 0 Å². The zero-order valence-corrected chi connectivity index (χ0v) is 50.2. The number of hydrogen-bond acceptors (Lipinski definition) is 27. The van der Waals surface area contributed by atoms with Gasteiger partial charge in [-0.2, -0.15) is 0 Å². The highest BCUT2D eigenvalue weighted by atomic mass is 31.2. The van der Waals surface area contributed by atoms with Crippen LogP contribution in [0.1, 0.15) is 79.4 Å². The lowest BCUT2D eigenvalue weighted by molar-refractivity contribution is -0.136. The summed E-state index contributed by atoms with van der Waals surface area (Å²) >= 11 is 0. The van der Waals surface area contributed by atoms with E-state index in [-0.39, 0.29) is 74.6 Å². The van der Waals surface area contributed by atoms with Gasteiger partial charge in [0.25, 0.3) is 5.91 Å². The molecule has 38 nitrogen and oxygen atoms in total. The van der Waals surface area contributed by atoms with Gasteiger partial charge >= 0.3 is 39.1 Å². The maximum absolute atomic E-state index is 13.6. The SMILES string of the molecule is CC(=O)NCCCOP(=O)(O)OC1CC(C)OC1COP(=O)(O)OC1CC(C)OC1COP(=O)(O)OC1CC(C)OC1COP(=O)(O)OC1CC(C)OC1C(=O)NCC(N=[N+]=[N-])OC1CC(n2cnc3c(N)ncnc32)OC1COP(=O)(O)O. The zero-order chi connectivity index (χ0) is 61.4. The lowest BCUT2D eigenvalue weighted by Crippen LogP contribution is -2.45. The van der Waals surface area contributed by atoms with Crippen LogP contribution in [0.5, 0.6) is 0 Å². The van der Waals surface area contributed by atoms with Crippen molar-refractivity contribution >= 4 is 67.9 Å². The molecule has 0 spiro atoms. The Morgan fingerprint density at radius 3 is 1.67 bits per heavy atom. The molecule has 10 N–H and O–H groups in total. The second-order valence-electron chi connectivity index (χ2n) is 20.1. The molecule has 0 bridgehead atoms. The maximum atomic E-state index is 13.6. The molecule has 0 radical (unpaired) electrons. The fourth-order valence-electron chi connectivity index (χ4n) is 9.61. The van der Waals surface area contributed by atoms with E-state index in [0.29, 0.717) is 0 Å². The lowest BCUT2D eigenvalue weighted by atomic mass is 10.1. The van der Waals surface area contributed by atoms with Crippen molar-refractivity contribution in [3.63, 3.8) is 0 Å². The molecule has 84 heavy (non-hydrogen) atoms. The molecule has 43 heteroatoms. The molecular weight excluding hydrogens is 1240 g/mol. The topological polar surface area (TPSA) is 522 Å². The maximum Gasteiger partial charge on any atom is 0.472 e. The van der Waals surface area contributed by atoms with Crippen LogP contribution in [0.15, 0.2) is 17.8 Å². The Morgan fingerprint density at radius 1 is 0.679 bits per heavy atom. The Labute approximate surface area is 478 Å². The van der Waals surface area contributed by atoms with E-state index in [0.717, 1.165) is 0 Å². The Kier molecular flexibility index (Phi) is 24.0. The molecule has 0 aliphatic carbocycles. The highest BCUT2D eigenvalue weighted by molar-refractivity contribution is 7.48. The predicted octanol–water partition coefficient (Wildman–Crippen LogP) is 2.19. The number of carbonyl (C=O) groups is 2. The molecule has 7 rings (SSSR count). The van der Waals surface area contributed by atoms with E-state index >= 15 is 0 Å². The van der Waals surface area contributed by atoms with Crippen LogP contribution in [-0.2, 0) is 102 Å². The summed E-state index contributed by atoms with van der Waals surface area (Å²) in [5.41, 5.74) is 15.8. The number of nitrogens with zero attached hydrogens (tertiary/aromatic N) is 7. The van der Waals surface area contributed by atoms with Crippen molar-refractivity contribution in [2.24, 2.45) is 5.11 Å². The molecule has 5 saturated heterocycles. The van der Waals surface area contributed by atoms with Crippen LogP contribution >= 0.6 is 39.1 Å². The number of imidazole rings is 1. The first-order chi connectivity index (χ1) is 39.4. The second-order valence-corrected chi connectivity index (χ2v) is 26.9. The predicted molar refractivity (Wildman–Crippen MR) is 279 cm³/mol. The number of anilines is 1. The molecule has 20 unspecified atom stereocenters. The molecule has 2 aromatic heterocycles. The third-order valence-corrected chi connectivity index (χ3v) is 17.7. The lowest BCUT2D eigenvalue weighted by Gasteiger charge is -2.26. The fraction of sp³-hybridized carbons (Fsp3) is 0.829. The number of rotatable bonds is 32. The Bertz CT molecular complexity index is 2870. The Balaban J connectivity index is 0.873. The van der Waals surface area contributed by atoms with Gasteiger partial charge in [-0.05, 0) is 39.6 Å². The second kappa shape index (κ2) is 29.5. The summed E-state index contributed by atoms with van der Waals surface area (Å²) in [6.45, 7) is 4.30. The van der Waals surface area contributed by atoms with Gasteiger partial charge in [0.2, 0.25) is 5.91 Å². The number of azide groups is 1. The summed E-state index contributed by atoms with van der Waals surface area (Å²) in [6.07, 6.45) is -14.7. The molecule has 5 aliphatic rings. The van der Waals surface area contributed by atoms with E-state index in [1.165, 1.54) is 24.1 Å². The van der Waals surface area contributed by atoms with Crippen molar-refractivity contribution < 1.29 is 131 Å². The third kappa shape index (κ3) is 20.5. The van der Waals surface area contributed by atoms with Crippen LogP contribution in [-0.4, -0.2) is 199 Å². The summed E-state index contributed by atoms with van der Waals surface area (Å²) < 4.78 is 147. The summed E-state index contributed by atoms with van der Waals surface area (Å²) in [4.78, 5) is 101. The first-order valence-corrected chi connectivity index (χ1v) is 33.6. The van der Waals surface area contributed by atoms with Gasteiger partial charge in [0.05, 0.1) is 69.9 Å². The largest absolute Gasteiger partial charge is 0.472 e. The quantitative estimate of drug-likeness (QED) is 0.0167. The number of amides is 2. The number of ether oxygens (including phenoxy) is 6. The molecule has 20 atom stereocenters. The van der Waals surface area contributed by atoms with Crippen molar-refractivity contribution in [1.82, 2.24) is 30.2 Å². The minimum atomic E-state index is -5.11. The van der Waals surface area contributed by atoms with E-state index in [4.69, 9.17) is 74.9 Å². The standard InChI is InChI=1S/C41H69N10O28P5/c1-21-9-27(76-81(57,58)65-8-6-7-44-25(5)52)32(70-21)16-67-82(59,60)77-28-10-22(2)71-33(28)17-68-83(61,62)78-29-11-23(3)72-34(29)18-69-84(63,64)79-30-12-24(4)73-38(30)41(53)45-14-35(49-50-43)74-26-13-36(75-31(26)15-66-80(54,55)56)51-20-48-37-39(42)46-19-47-40(37)51/h19-24,26-36,38H,6-18H2,1-5H3,(H,44,52)(H,45,53)(H,57,58)(H,59,60)(H,61,62)(H,63,64)(H2,42,46,47)(H2,54,55,56). The highest BCUT2D eigenvalue weighted by Gasteiger charge is 2.48. The van der Waals surface area contributed by atoms with Crippen LogP contribution in [0.25, 0.3) is 21.6 Å². The number of phosphoric acid groups is 5. The number of phosphoric ester groups is 5. The van der Waals surface area contributed by atoms with Gasteiger partial charge in [-0.25, -0.2) is 37.8 Å². The van der Waals surface area contributed by atoms with Crippen LogP contribution in [0.3, 0.4) is 0 Å². The monoisotopic (exact) mass is 1300 g/mol. The van der Waals surface area contributed by atoms with E-state index in [1.54, 1.807) is 27.7 Å². The fourth-order valence-corrected chi connectivity index (χ4v) is 13.8. The van der Waals surface area contributed by atoms with Crippen molar-refractivity contribution in [2.45, 2.75) is 171 Å². The number of hydrogen-bond donors (Lipinski definition) is 9. The van der Waals surface area contributed by atoms with E-state index < -0.39 is 176 Å². The third-order valence-electron chi connectivity index (χ3n) is 13.2. The van der Waals surface area contributed by atoms with Gasteiger partial charge in [0.1, 0.15) is 66.9 Å². The average molecular weight is 1300 g/mol. The molecule has 2 aromatic rings. The smallest absolute Gasteiger partial charge is 0.382 e. The van der Waals surface area contributed by atoms with Gasteiger partial charge in [-0.15, -0.1) is 0 Å². The van der Waals surface area contributed by atoms with E-state index in [1.807, 2.05) is 0 Å². The van der Waals surface area contributed by atoms with Gasteiger partial charge in [0.15, 0.2) is 23.8 Å². The molecule has 0 saturated carbocycles. The average Bonchev–Trinajstić information content (AvgIpc) is 2.93. The minimum Gasteiger partial charge on any atom is -0.382 e. The molecule has 0 aromatic carbocycles. The Hall–Kier alpha value is -3.09. The minimum absolute atomic E-state index is 0.00245. The summed E-state index contributed by atoms with van der Waals surface area (Å²) in [5.74, 6) is -1.13. The number of aromatic nitrogens is 4. The summed E-state index contributed by atoms with van der Waals surface area (Å²) in [7, 11) is -24.8. The van der Waals surface area contributed by atoms with E-state index in [9.17, 15) is 67.3 Å². The molecule has 5 aliphatic heterocycles. The number of carbonyl (C=O) groups excluding carboxylic acids is 2. The number of nitrogens with two attached hydrogens (primary N) is 1. The summed E-state index contributed by atoms with van der Waals surface area (Å²) in [5, 5.41) is 8.58. The summed E-state index contributed by atoms with van der Waals surface area (Å²) in [6, 6.07) is 0. The van der Waals surface area contributed by atoms with Gasteiger partial charge in [0, 0.05) is 57.0 Å². The molecule has 7 heterocycles. The number of nitrogens with one attached hydrogen (secondary N) is 2. The molecule has 2 amide bonds. The number of nitrogen functional groups attached to an aromatic ring is 1. The van der Waals surface area contributed by atoms with Gasteiger partial charge < -0.3 is 74.1 Å². The number of fused-ring (bicyclic) bond motifs is 1. The Morgan fingerprint density at radius 2 is 1.15 bits per heavy atom. The normalized spacial score (nSPS) is 33.2. The van der Waals surface area contributed by atoms with Crippen molar-refractivity contribution in [2.75, 3.05) is 51.9 Å². The van der Waals surface area contributed by atoms with Crippen molar-refractivity contribution in [3.05, 3.63) is 23.1 Å². The van der Waals surface area contributed by atoms with Crippen LogP contribution in [0.4, 0.5) is 5.82 Å². The van der Waals surface area contributed by atoms with Crippen molar-refractivity contribution in [3.8, 4) is 0 Å².